The molecule has 2 aromatic heterocycles. The van der Waals surface area contributed by atoms with E-state index in [9.17, 15) is 5.11 Å². The minimum atomic E-state index is -1.46. The van der Waals surface area contributed by atoms with Gasteiger partial charge in [-0.1, -0.05) is 36.4 Å². The number of aromatic nitrogens is 3. The van der Waals surface area contributed by atoms with Crippen molar-refractivity contribution in [2.24, 2.45) is 7.05 Å². The van der Waals surface area contributed by atoms with E-state index in [0.29, 0.717) is 35.1 Å². The lowest BCUT2D eigenvalue weighted by Crippen LogP contribution is -2.31. The lowest BCUT2D eigenvalue weighted by atomic mass is 9.82. The summed E-state index contributed by atoms with van der Waals surface area (Å²) < 4.78 is 13.5. The Balaban J connectivity index is 1.73. The predicted molar refractivity (Wildman–Crippen MR) is 130 cm³/mol. The van der Waals surface area contributed by atoms with Crippen molar-refractivity contribution >= 4 is 10.9 Å². The lowest BCUT2D eigenvalue weighted by molar-refractivity contribution is 0.117. The Morgan fingerprint density at radius 1 is 1.00 bits per heavy atom. The zero-order valence-electron chi connectivity index (χ0n) is 18.9. The number of fused-ring (bicyclic) bond motifs is 6. The summed E-state index contributed by atoms with van der Waals surface area (Å²) in [5.74, 6) is 1.22. The molecule has 0 saturated carbocycles. The van der Waals surface area contributed by atoms with Crippen LogP contribution in [0.15, 0.2) is 85.3 Å². The number of pyridine rings is 1. The van der Waals surface area contributed by atoms with Gasteiger partial charge in [-0.25, -0.2) is 9.97 Å². The molecule has 0 radical (unpaired) electrons. The number of hydrogen-bond acceptors (Lipinski definition) is 5. The molecule has 6 heteroatoms. The van der Waals surface area contributed by atoms with Crippen molar-refractivity contribution in [1.82, 2.24) is 14.5 Å². The number of aryl methyl sites for hydroxylation is 1. The Hall–Kier alpha value is -4.16. The Morgan fingerprint density at radius 3 is 2.68 bits per heavy atom. The SMILES string of the molecule is COc1cc2c3cc(ccc3n1)C(O)(c1cncn1C)c1cccc(c1)OCc1cccc-2c1. The van der Waals surface area contributed by atoms with Crippen molar-refractivity contribution in [3.05, 3.63) is 108 Å². The van der Waals surface area contributed by atoms with Crippen LogP contribution < -0.4 is 9.47 Å². The van der Waals surface area contributed by atoms with Gasteiger partial charge < -0.3 is 19.1 Å². The fourth-order valence-corrected chi connectivity index (χ4v) is 4.74. The van der Waals surface area contributed by atoms with Crippen molar-refractivity contribution in [3.8, 4) is 22.8 Å². The van der Waals surface area contributed by atoms with Gasteiger partial charge in [0.05, 0.1) is 30.8 Å². The first-order valence-corrected chi connectivity index (χ1v) is 11.1. The first-order valence-electron chi connectivity index (χ1n) is 11.1. The molecule has 0 saturated heterocycles. The molecule has 1 aliphatic heterocycles. The summed E-state index contributed by atoms with van der Waals surface area (Å²) >= 11 is 0. The van der Waals surface area contributed by atoms with Gasteiger partial charge in [0.25, 0.3) is 0 Å². The zero-order chi connectivity index (χ0) is 23.3. The number of rotatable bonds is 2. The van der Waals surface area contributed by atoms with Crippen molar-refractivity contribution < 1.29 is 14.6 Å². The topological polar surface area (TPSA) is 69.4 Å². The first kappa shape index (κ1) is 20.4. The van der Waals surface area contributed by atoms with Crippen LogP contribution in [0.3, 0.4) is 0 Å². The number of ether oxygens (including phenoxy) is 2. The fraction of sp³-hybridized carbons (Fsp3) is 0.143. The number of hydrogen-bond donors (Lipinski definition) is 1. The number of methoxy groups -OCH3 is 1. The average Bonchev–Trinajstić information content (AvgIpc) is 3.32. The Morgan fingerprint density at radius 2 is 1.85 bits per heavy atom. The molecule has 0 amide bonds. The standard InChI is InChI=1S/C28H23N3O3/c1-31-17-29-15-26(31)28(32)20-7-4-8-22(12-20)34-16-18-5-3-6-19(11-18)23-14-27(33-2)30-25-10-9-21(28)13-24(23)25/h3-15,17,32H,16H2,1-2H3. The highest BCUT2D eigenvalue weighted by Crippen LogP contribution is 2.41. The molecule has 3 heterocycles. The van der Waals surface area contributed by atoms with Crippen LogP contribution in [0.2, 0.25) is 0 Å². The van der Waals surface area contributed by atoms with Gasteiger partial charge >= 0.3 is 0 Å². The maximum absolute atomic E-state index is 12.4. The minimum Gasteiger partial charge on any atom is -0.489 e. The van der Waals surface area contributed by atoms with Crippen LogP contribution in [0.1, 0.15) is 22.4 Å². The van der Waals surface area contributed by atoms with Gasteiger partial charge in [0, 0.05) is 18.5 Å². The Bertz CT molecular complexity index is 1540. The van der Waals surface area contributed by atoms with E-state index < -0.39 is 5.60 Å². The Kier molecular flexibility index (Phi) is 4.64. The maximum atomic E-state index is 12.4. The lowest BCUT2D eigenvalue weighted by Gasteiger charge is -2.30. The van der Waals surface area contributed by atoms with Gasteiger partial charge in [0.15, 0.2) is 5.60 Å². The highest BCUT2D eigenvalue weighted by Gasteiger charge is 2.37. The summed E-state index contributed by atoms with van der Waals surface area (Å²) in [6.45, 7) is 0.407. The predicted octanol–water partition coefficient (Wildman–Crippen LogP) is 4.82. The highest BCUT2D eigenvalue weighted by atomic mass is 16.5. The van der Waals surface area contributed by atoms with E-state index in [1.165, 1.54) is 0 Å². The van der Waals surface area contributed by atoms with Crippen LogP contribution in [0.5, 0.6) is 11.6 Å². The smallest absolute Gasteiger partial charge is 0.214 e. The number of benzene rings is 3. The molecule has 0 spiro atoms. The van der Waals surface area contributed by atoms with E-state index in [1.54, 1.807) is 19.6 Å². The van der Waals surface area contributed by atoms with E-state index >= 15 is 0 Å². The van der Waals surface area contributed by atoms with Gasteiger partial charge in [0.2, 0.25) is 5.88 Å². The largest absolute Gasteiger partial charge is 0.489 e. The molecule has 0 aliphatic carbocycles. The van der Waals surface area contributed by atoms with E-state index in [4.69, 9.17) is 9.47 Å². The molecule has 1 unspecified atom stereocenters. The monoisotopic (exact) mass is 449 g/mol. The number of nitrogens with zero attached hydrogens (tertiary/aromatic N) is 3. The quantitative estimate of drug-likeness (QED) is 0.418. The van der Waals surface area contributed by atoms with E-state index in [1.807, 2.05) is 72.3 Å². The van der Waals surface area contributed by atoms with Gasteiger partial charge in [-0.2, -0.15) is 0 Å². The van der Waals surface area contributed by atoms with Crippen molar-refractivity contribution in [2.75, 3.05) is 7.11 Å². The van der Waals surface area contributed by atoms with E-state index in [2.05, 4.69) is 22.1 Å². The van der Waals surface area contributed by atoms with Gasteiger partial charge in [0.1, 0.15) is 12.4 Å². The second-order valence-electron chi connectivity index (χ2n) is 8.56. The van der Waals surface area contributed by atoms with Crippen LogP contribution >= 0.6 is 0 Å². The molecule has 34 heavy (non-hydrogen) atoms. The summed E-state index contributed by atoms with van der Waals surface area (Å²) in [6.07, 6.45) is 3.39. The van der Waals surface area contributed by atoms with Crippen LogP contribution in [-0.4, -0.2) is 26.8 Å². The molecule has 1 atom stereocenters. The molecule has 1 N–H and O–H groups in total. The summed E-state index contributed by atoms with van der Waals surface area (Å²) in [6, 6.07) is 23.7. The normalized spacial score (nSPS) is 16.9. The third-order valence-electron chi connectivity index (χ3n) is 6.49. The van der Waals surface area contributed by atoms with Crippen molar-refractivity contribution in [2.45, 2.75) is 12.2 Å². The van der Waals surface area contributed by atoms with Gasteiger partial charge in [-0.15, -0.1) is 0 Å². The fourth-order valence-electron chi connectivity index (χ4n) is 4.74. The molecule has 168 valence electrons. The third-order valence-corrected chi connectivity index (χ3v) is 6.49. The summed E-state index contributed by atoms with van der Waals surface area (Å²) in [4.78, 5) is 8.95. The van der Waals surface area contributed by atoms with Crippen molar-refractivity contribution in [1.29, 1.82) is 0 Å². The Labute approximate surface area is 197 Å². The first-order chi connectivity index (χ1) is 16.6. The average molecular weight is 450 g/mol. The molecule has 0 fully saturated rings. The summed E-state index contributed by atoms with van der Waals surface area (Å²) in [5.41, 5.74) is 4.44. The van der Waals surface area contributed by atoms with E-state index in [0.717, 1.165) is 27.6 Å². The van der Waals surface area contributed by atoms with Crippen LogP contribution in [0.4, 0.5) is 0 Å². The molecule has 6 nitrogen and oxygen atoms in total. The van der Waals surface area contributed by atoms with E-state index in [-0.39, 0.29) is 0 Å². The highest BCUT2D eigenvalue weighted by molar-refractivity contribution is 5.96. The minimum absolute atomic E-state index is 0.407. The summed E-state index contributed by atoms with van der Waals surface area (Å²) in [7, 11) is 3.50. The molecule has 1 aliphatic rings. The zero-order valence-corrected chi connectivity index (χ0v) is 18.9. The molecule has 6 rings (SSSR count). The molecular formula is C28H23N3O3. The van der Waals surface area contributed by atoms with Crippen molar-refractivity contribution in [3.63, 3.8) is 0 Å². The van der Waals surface area contributed by atoms with Gasteiger partial charge in [-0.3, -0.25) is 0 Å². The van der Waals surface area contributed by atoms with Crippen LogP contribution in [0, 0.1) is 0 Å². The number of aliphatic hydroxyl groups is 1. The van der Waals surface area contributed by atoms with Crippen LogP contribution in [-0.2, 0) is 19.3 Å². The summed E-state index contributed by atoms with van der Waals surface area (Å²) in [5, 5.41) is 13.3. The van der Waals surface area contributed by atoms with Gasteiger partial charge in [-0.05, 0) is 58.1 Å². The molecule has 5 aromatic rings. The second kappa shape index (κ2) is 7.71. The molecular weight excluding hydrogens is 426 g/mol. The van der Waals surface area contributed by atoms with Crippen LogP contribution in [0.25, 0.3) is 22.0 Å². The number of imidazole rings is 1. The third kappa shape index (κ3) is 3.15. The molecule has 3 aromatic carbocycles. The molecule has 6 bridgehead atoms. The maximum Gasteiger partial charge on any atom is 0.214 e. The second-order valence-corrected chi connectivity index (χ2v) is 8.56.